The minimum atomic E-state index is -0.683. The Labute approximate surface area is 154 Å². The van der Waals surface area contributed by atoms with Gasteiger partial charge in [0, 0.05) is 12.3 Å². The van der Waals surface area contributed by atoms with Gasteiger partial charge in [-0.1, -0.05) is 0 Å². The van der Waals surface area contributed by atoms with Crippen molar-refractivity contribution in [2.45, 2.75) is 6.61 Å². The second kappa shape index (κ2) is 8.13. The highest BCUT2D eigenvalue weighted by Crippen LogP contribution is 2.29. The molecule has 3 rings (SSSR count). The monoisotopic (exact) mass is 369 g/mol. The first-order valence-corrected chi connectivity index (χ1v) is 7.93. The first kappa shape index (κ1) is 18.1. The van der Waals surface area contributed by atoms with E-state index in [0.717, 1.165) is 12.3 Å². The number of phenolic OH excluding ortho intramolecular Hbond substituents is 1. The van der Waals surface area contributed by atoms with E-state index in [1.807, 2.05) is 0 Å². The smallest absolute Gasteiger partial charge is 0.257 e. The number of rotatable bonds is 6. The van der Waals surface area contributed by atoms with Gasteiger partial charge in [-0.25, -0.2) is 4.98 Å². The summed E-state index contributed by atoms with van der Waals surface area (Å²) in [6, 6.07) is 10.4. The number of hydrogen-bond acceptors (Lipinski definition) is 6. The fourth-order valence-corrected chi connectivity index (χ4v) is 2.18. The fraction of sp³-hybridized carbons (Fsp3) is 0.105. The second-order valence-electron chi connectivity index (χ2n) is 5.48. The Hall–Kier alpha value is -3.68. The van der Waals surface area contributed by atoms with E-state index >= 15 is 0 Å². The molecule has 0 spiro atoms. The topological polar surface area (TPSA) is 93.6 Å². The molecule has 0 aliphatic carbocycles. The van der Waals surface area contributed by atoms with E-state index in [1.54, 1.807) is 31.5 Å². The average molecular weight is 369 g/mol. The molecule has 1 aromatic carbocycles. The van der Waals surface area contributed by atoms with Crippen molar-refractivity contribution >= 4 is 11.6 Å². The summed E-state index contributed by atoms with van der Waals surface area (Å²) in [5, 5.41) is 12.5. The third kappa shape index (κ3) is 4.69. The summed E-state index contributed by atoms with van der Waals surface area (Å²) in [7, 11) is 1.56. The number of pyridine rings is 2. The SMILES string of the molecule is COc1ccc(COc2ccc(O)c(NC(=O)c3ccc(F)nc3)c2)nc1. The third-order valence-electron chi connectivity index (χ3n) is 3.63. The number of nitrogens with one attached hydrogen (secondary N) is 1. The third-order valence-corrected chi connectivity index (χ3v) is 3.63. The lowest BCUT2D eigenvalue weighted by Gasteiger charge is -2.11. The van der Waals surface area contributed by atoms with Crippen molar-refractivity contribution in [3.05, 3.63) is 72.1 Å². The van der Waals surface area contributed by atoms with E-state index in [0.29, 0.717) is 17.2 Å². The number of nitrogens with zero attached hydrogens (tertiary/aromatic N) is 2. The molecule has 0 saturated carbocycles. The van der Waals surface area contributed by atoms with Gasteiger partial charge in [-0.05, 0) is 36.4 Å². The molecule has 2 heterocycles. The highest BCUT2D eigenvalue weighted by Gasteiger charge is 2.11. The van der Waals surface area contributed by atoms with Crippen LogP contribution in [0.15, 0.2) is 54.9 Å². The molecule has 0 aliphatic rings. The van der Waals surface area contributed by atoms with Crippen LogP contribution in [-0.2, 0) is 6.61 Å². The Morgan fingerprint density at radius 1 is 1.11 bits per heavy atom. The Balaban J connectivity index is 1.67. The van der Waals surface area contributed by atoms with Crippen LogP contribution in [0.2, 0.25) is 0 Å². The maximum absolute atomic E-state index is 12.8. The number of halogens is 1. The van der Waals surface area contributed by atoms with Crippen LogP contribution in [-0.4, -0.2) is 28.1 Å². The summed E-state index contributed by atoms with van der Waals surface area (Å²) in [5.74, 6) is -0.279. The maximum Gasteiger partial charge on any atom is 0.257 e. The molecule has 0 saturated heterocycles. The highest BCUT2D eigenvalue weighted by molar-refractivity contribution is 6.04. The minimum Gasteiger partial charge on any atom is -0.506 e. The van der Waals surface area contributed by atoms with Crippen LogP contribution >= 0.6 is 0 Å². The van der Waals surface area contributed by atoms with Gasteiger partial charge >= 0.3 is 0 Å². The van der Waals surface area contributed by atoms with Crippen molar-refractivity contribution < 1.29 is 23.8 Å². The van der Waals surface area contributed by atoms with Gasteiger partial charge in [-0.3, -0.25) is 9.78 Å². The molecule has 27 heavy (non-hydrogen) atoms. The number of carbonyl (C=O) groups is 1. The van der Waals surface area contributed by atoms with Gasteiger partial charge in [-0.15, -0.1) is 0 Å². The van der Waals surface area contributed by atoms with E-state index in [2.05, 4.69) is 15.3 Å². The molecule has 8 heteroatoms. The van der Waals surface area contributed by atoms with E-state index < -0.39 is 11.9 Å². The number of anilines is 1. The number of carbonyl (C=O) groups excluding carboxylic acids is 1. The molecule has 0 unspecified atom stereocenters. The maximum atomic E-state index is 12.8. The molecule has 0 fully saturated rings. The fourth-order valence-electron chi connectivity index (χ4n) is 2.18. The predicted molar refractivity (Wildman–Crippen MR) is 95.4 cm³/mol. The summed E-state index contributed by atoms with van der Waals surface area (Å²) >= 11 is 0. The molecular weight excluding hydrogens is 353 g/mol. The van der Waals surface area contributed by atoms with Crippen molar-refractivity contribution in [2.24, 2.45) is 0 Å². The van der Waals surface area contributed by atoms with Crippen molar-refractivity contribution in [2.75, 3.05) is 12.4 Å². The Bertz CT molecular complexity index is 931. The number of aromatic nitrogens is 2. The van der Waals surface area contributed by atoms with Crippen LogP contribution in [0, 0.1) is 5.95 Å². The zero-order valence-corrected chi connectivity index (χ0v) is 14.3. The molecule has 0 radical (unpaired) electrons. The van der Waals surface area contributed by atoms with Crippen molar-refractivity contribution in [3.8, 4) is 17.2 Å². The van der Waals surface area contributed by atoms with Crippen LogP contribution < -0.4 is 14.8 Å². The summed E-state index contributed by atoms with van der Waals surface area (Å²) in [6.07, 6.45) is 2.69. The lowest BCUT2D eigenvalue weighted by atomic mass is 10.2. The first-order valence-electron chi connectivity index (χ1n) is 7.93. The van der Waals surface area contributed by atoms with Gasteiger partial charge < -0.3 is 19.9 Å². The molecular formula is C19H16FN3O4. The second-order valence-corrected chi connectivity index (χ2v) is 5.48. The van der Waals surface area contributed by atoms with Crippen LogP contribution in [0.1, 0.15) is 16.1 Å². The number of aromatic hydroxyl groups is 1. The summed E-state index contributed by atoms with van der Waals surface area (Å²) in [4.78, 5) is 19.8. The van der Waals surface area contributed by atoms with Crippen LogP contribution in [0.4, 0.5) is 10.1 Å². The largest absolute Gasteiger partial charge is 0.506 e. The highest BCUT2D eigenvalue weighted by atomic mass is 19.1. The lowest BCUT2D eigenvalue weighted by Crippen LogP contribution is -2.12. The summed E-state index contributed by atoms with van der Waals surface area (Å²) in [5.41, 5.74) is 1.00. The van der Waals surface area contributed by atoms with Crippen LogP contribution in [0.5, 0.6) is 17.2 Å². The van der Waals surface area contributed by atoms with Crippen molar-refractivity contribution in [3.63, 3.8) is 0 Å². The summed E-state index contributed by atoms with van der Waals surface area (Å²) < 4.78 is 23.5. The van der Waals surface area contributed by atoms with E-state index in [1.165, 1.54) is 18.2 Å². The molecule has 0 bridgehead atoms. The Morgan fingerprint density at radius 3 is 2.59 bits per heavy atom. The molecule has 2 N–H and O–H groups in total. The van der Waals surface area contributed by atoms with Crippen molar-refractivity contribution in [1.29, 1.82) is 0 Å². The number of hydrogen-bond donors (Lipinski definition) is 2. The number of phenols is 1. The van der Waals surface area contributed by atoms with Gasteiger partial charge in [0.05, 0.1) is 30.3 Å². The van der Waals surface area contributed by atoms with Crippen molar-refractivity contribution in [1.82, 2.24) is 9.97 Å². The van der Waals surface area contributed by atoms with Gasteiger partial charge in [-0.2, -0.15) is 4.39 Å². The average Bonchev–Trinajstić information content (AvgIpc) is 2.69. The lowest BCUT2D eigenvalue weighted by molar-refractivity contribution is 0.102. The number of methoxy groups -OCH3 is 1. The molecule has 0 atom stereocenters. The normalized spacial score (nSPS) is 10.3. The van der Waals surface area contributed by atoms with Crippen LogP contribution in [0.3, 0.4) is 0 Å². The molecule has 0 aliphatic heterocycles. The van der Waals surface area contributed by atoms with Gasteiger partial charge in [0.25, 0.3) is 5.91 Å². The standard InChI is InChI=1S/C19H16FN3O4/c1-26-15-4-3-13(21-10-15)11-27-14-5-6-17(24)16(8-14)23-19(25)12-2-7-18(20)22-9-12/h2-10,24H,11H2,1H3,(H,23,25). The van der Waals surface area contributed by atoms with Crippen LogP contribution in [0.25, 0.3) is 0 Å². The number of ether oxygens (including phenoxy) is 2. The number of amides is 1. The summed E-state index contributed by atoms with van der Waals surface area (Å²) in [6.45, 7) is 0.198. The molecule has 7 nitrogen and oxygen atoms in total. The van der Waals surface area contributed by atoms with E-state index in [9.17, 15) is 14.3 Å². The Kier molecular flexibility index (Phi) is 5.46. The van der Waals surface area contributed by atoms with Gasteiger partial charge in [0.1, 0.15) is 23.9 Å². The molecule has 2 aromatic heterocycles. The first-order chi connectivity index (χ1) is 13.0. The molecule has 138 valence electrons. The molecule has 3 aromatic rings. The zero-order chi connectivity index (χ0) is 19.2. The minimum absolute atomic E-state index is 0.131. The Morgan fingerprint density at radius 2 is 1.93 bits per heavy atom. The quantitative estimate of drug-likeness (QED) is 0.512. The van der Waals surface area contributed by atoms with Gasteiger partial charge in [0.2, 0.25) is 5.95 Å². The van der Waals surface area contributed by atoms with Gasteiger partial charge in [0.15, 0.2) is 0 Å². The zero-order valence-electron chi connectivity index (χ0n) is 14.3. The predicted octanol–water partition coefficient (Wildman–Crippen LogP) is 3.16. The molecule has 1 amide bonds. The van der Waals surface area contributed by atoms with E-state index in [4.69, 9.17) is 9.47 Å². The van der Waals surface area contributed by atoms with E-state index in [-0.39, 0.29) is 23.6 Å². The number of benzene rings is 1.